The quantitative estimate of drug-likeness (QED) is 0.725. The Morgan fingerprint density at radius 1 is 1.41 bits per heavy atom. The number of carbonyl (C=O) groups is 1. The van der Waals surface area contributed by atoms with Crippen LogP contribution in [-0.4, -0.2) is 12.9 Å². The van der Waals surface area contributed by atoms with Crippen molar-refractivity contribution >= 4 is 21.7 Å². The number of methoxy groups -OCH3 is 1. The number of hydrogen-bond donors (Lipinski definition) is 0. The highest BCUT2D eigenvalue weighted by Crippen LogP contribution is 2.26. The lowest BCUT2D eigenvalue weighted by molar-refractivity contribution is 0.0978. The Balaban J connectivity index is 2.60. The molecule has 0 radical (unpaired) electrons. The Morgan fingerprint density at radius 2 is 2.12 bits per heavy atom. The van der Waals surface area contributed by atoms with Crippen LogP contribution in [0.1, 0.15) is 43.5 Å². The molecule has 17 heavy (non-hydrogen) atoms. The maximum absolute atomic E-state index is 11.9. The van der Waals surface area contributed by atoms with Gasteiger partial charge in [0.2, 0.25) is 0 Å². The van der Waals surface area contributed by atoms with Crippen LogP contribution in [-0.2, 0) is 0 Å². The molecule has 0 bridgehead atoms. The van der Waals surface area contributed by atoms with Crippen LogP contribution in [0, 0.1) is 5.92 Å². The maximum atomic E-state index is 11.9. The lowest BCUT2D eigenvalue weighted by Crippen LogP contribution is -2.00. The Kier molecular flexibility index (Phi) is 5.69. The molecule has 2 nitrogen and oxygen atoms in total. The van der Waals surface area contributed by atoms with Crippen LogP contribution >= 0.6 is 15.9 Å². The summed E-state index contributed by atoms with van der Waals surface area (Å²) >= 11 is 3.39. The Hall–Kier alpha value is -0.830. The molecule has 0 aliphatic carbocycles. The Labute approximate surface area is 111 Å². The van der Waals surface area contributed by atoms with Gasteiger partial charge in [-0.2, -0.15) is 0 Å². The number of Topliss-reactive ketones (excluding diaryl/α,β-unsaturated/α-hetero) is 1. The van der Waals surface area contributed by atoms with Gasteiger partial charge in [-0.05, 0) is 46.5 Å². The average Bonchev–Trinajstić information content (AvgIpc) is 2.28. The molecule has 0 aliphatic heterocycles. The van der Waals surface area contributed by atoms with E-state index in [1.54, 1.807) is 7.11 Å². The van der Waals surface area contributed by atoms with E-state index >= 15 is 0 Å². The van der Waals surface area contributed by atoms with Crippen molar-refractivity contribution in [1.82, 2.24) is 0 Å². The first kappa shape index (κ1) is 14.2. The van der Waals surface area contributed by atoms with E-state index in [4.69, 9.17) is 4.74 Å². The van der Waals surface area contributed by atoms with Crippen molar-refractivity contribution in [2.24, 2.45) is 5.92 Å². The molecule has 0 amide bonds. The van der Waals surface area contributed by atoms with Crippen LogP contribution in [0.4, 0.5) is 0 Å². The van der Waals surface area contributed by atoms with Gasteiger partial charge in [0.1, 0.15) is 5.75 Å². The fraction of sp³-hybridized carbons (Fsp3) is 0.500. The second kappa shape index (κ2) is 6.80. The van der Waals surface area contributed by atoms with E-state index in [0.717, 1.165) is 28.6 Å². The third kappa shape index (κ3) is 4.50. The summed E-state index contributed by atoms with van der Waals surface area (Å²) in [6, 6.07) is 5.47. The van der Waals surface area contributed by atoms with Crippen molar-refractivity contribution in [3.8, 4) is 5.75 Å². The van der Waals surface area contributed by atoms with Gasteiger partial charge in [0, 0.05) is 12.0 Å². The zero-order valence-corrected chi connectivity index (χ0v) is 12.2. The van der Waals surface area contributed by atoms with E-state index < -0.39 is 0 Å². The minimum Gasteiger partial charge on any atom is -0.496 e. The molecule has 3 heteroatoms. The van der Waals surface area contributed by atoms with Gasteiger partial charge < -0.3 is 4.74 Å². The lowest BCUT2D eigenvalue weighted by atomic mass is 10.0. The predicted molar refractivity (Wildman–Crippen MR) is 73.7 cm³/mol. The normalized spacial score (nSPS) is 10.6. The second-order valence-electron chi connectivity index (χ2n) is 4.56. The molecular weight excluding hydrogens is 280 g/mol. The van der Waals surface area contributed by atoms with Crippen molar-refractivity contribution in [3.63, 3.8) is 0 Å². The summed E-state index contributed by atoms with van der Waals surface area (Å²) in [4.78, 5) is 11.9. The molecule has 0 saturated carbocycles. The fourth-order valence-corrected chi connectivity index (χ4v) is 2.20. The van der Waals surface area contributed by atoms with Crippen LogP contribution in [0.3, 0.4) is 0 Å². The van der Waals surface area contributed by atoms with Crippen molar-refractivity contribution < 1.29 is 9.53 Å². The number of carbonyl (C=O) groups excluding carboxylic acids is 1. The van der Waals surface area contributed by atoms with Crippen molar-refractivity contribution in [2.75, 3.05) is 7.11 Å². The molecule has 0 fully saturated rings. The minimum absolute atomic E-state index is 0.203. The summed E-state index contributed by atoms with van der Waals surface area (Å²) in [6.07, 6.45) is 2.68. The molecule has 0 aromatic heterocycles. The third-order valence-corrected chi connectivity index (χ3v) is 3.28. The Bertz CT molecular complexity index is 386. The minimum atomic E-state index is 0.203. The van der Waals surface area contributed by atoms with Crippen LogP contribution < -0.4 is 4.74 Å². The summed E-state index contributed by atoms with van der Waals surface area (Å²) in [6.45, 7) is 4.35. The topological polar surface area (TPSA) is 26.3 Å². The fourth-order valence-electron chi connectivity index (χ4n) is 1.66. The van der Waals surface area contributed by atoms with Gasteiger partial charge in [-0.15, -0.1) is 0 Å². The second-order valence-corrected chi connectivity index (χ2v) is 5.41. The molecule has 0 unspecified atom stereocenters. The van der Waals surface area contributed by atoms with Crippen molar-refractivity contribution in [3.05, 3.63) is 28.2 Å². The standard InChI is InChI=1S/C14H19BrO2/c1-10(2)5-4-6-13(16)11-7-8-14(17-3)12(15)9-11/h7-10H,4-6H2,1-3H3. The molecular formula is C14H19BrO2. The van der Waals surface area contributed by atoms with E-state index in [-0.39, 0.29) is 5.78 Å². The first-order valence-corrected chi connectivity index (χ1v) is 6.70. The molecule has 1 rings (SSSR count). The summed E-state index contributed by atoms with van der Waals surface area (Å²) in [5.41, 5.74) is 0.751. The van der Waals surface area contributed by atoms with E-state index in [1.807, 2.05) is 18.2 Å². The number of rotatable bonds is 6. The van der Waals surface area contributed by atoms with Gasteiger partial charge in [0.15, 0.2) is 5.78 Å². The molecule has 0 saturated heterocycles. The largest absolute Gasteiger partial charge is 0.496 e. The van der Waals surface area contributed by atoms with Crippen LogP contribution in [0.5, 0.6) is 5.75 Å². The van der Waals surface area contributed by atoms with Gasteiger partial charge in [0.25, 0.3) is 0 Å². The summed E-state index contributed by atoms with van der Waals surface area (Å²) in [5, 5.41) is 0. The van der Waals surface area contributed by atoms with E-state index in [1.165, 1.54) is 0 Å². The van der Waals surface area contributed by atoms with E-state index in [2.05, 4.69) is 29.8 Å². The number of ether oxygens (including phenoxy) is 1. The predicted octanol–water partition coefficient (Wildman–Crippen LogP) is 4.47. The highest BCUT2D eigenvalue weighted by atomic mass is 79.9. The molecule has 94 valence electrons. The zero-order valence-electron chi connectivity index (χ0n) is 10.6. The molecule has 0 atom stereocenters. The molecule has 0 N–H and O–H groups in total. The van der Waals surface area contributed by atoms with E-state index in [0.29, 0.717) is 12.3 Å². The zero-order chi connectivity index (χ0) is 12.8. The highest BCUT2D eigenvalue weighted by molar-refractivity contribution is 9.10. The SMILES string of the molecule is COc1ccc(C(=O)CCCC(C)C)cc1Br. The van der Waals surface area contributed by atoms with Crippen LogP contribution in [0.15, 0.2) is 22.7 Å². The van der Waals surface area contributed by atoms with Crippen LogP contribution in [0.2, 0.25) is 0 Å². The third-order valence-electron chi connectivity index (χ3n) is 2.66. The number of ketones is 1. The van der Waals surface area contributed by atoms with Gasteiger partial charge in [-0.1, -0.05) is 20.3 Å². The first-order chi connectivity index (χ1) is 8.04. The summed E-state index contributed by atoms with van der Waals surface area (Å²) in [7, 11) is 1.62. The summed E-state index contributed by atoms with van der Waals surface area (Å²) < 4.78 is 5.96. The smallest absolute Gasteiger partial charge is 0.162 e. The highest BCUT2D eigenvalue weighted by Gasteiger charge is 2.09. The van der Waals surface area contributed by atoms with E-state index in [9.17, 15) is 4.79 Å². The maximum Gasteiger partial charge on any atom is 0.162 e. The molecule has 0 heterocycles. The number of benzene rings is 1. The first-order valence-electron chi connectivity index (χ1n) is 5.91. The molecule has 1 aromatic rings. The monoisotopic (exact) mass is 298 g/mol. The number of hydrogen-bond acceptors (Lipinski definition) is 2. The molecule has 0 aliphatic rings. The van der Waals surface area contributed by atoms with Gasteiger partial charge in [-0.25, -0.2) is 0 Å². The van der Waals surface area contributed by atoms with Gasteiger partial charge >= 0.3 is 0 Å². The number of halogens is 1. The van der Waals surface area contributed by atoms with Crippen molar-refractivity contribution in [1.29, 1.82) is 0 Å². The van der Waals surface area contributed by atoms with Crippen molar-refractivity contribution in [2.45, 2.75) is 33.1 Å². The summed E-state index contributed by atoms with van der Waals surface area (Å²) in [5.74, 6) is 1.61. The average molecular weight is 299 g/mol. The van der Waals surface area contributed by atoms with Gasteiger partial charge in [-0.3, -0.25) is 4.79 Å². The Morgan fingerprint density at radius 3 is 2.65 bits per heavy atom. The molecule has 0 spiro atoms. The lowest BCUT2D eigenvalue weighted by Gasteiger charge is -2.06. The van der Waals surface area contributed by atoms with Gasteiger partial charge in [0.05, 0.1) is 11.6 Å². The molecule has 1 aromatic carbocycles. The van der Waals surface area contributed by atoms with Crippen LogP contribution in [0.25, 0.3) is 0 Å².